The van der Waals surface area contributed by atoms with Crippen molar-refractivity contribution >= 4 is 12.1 Å². The highest BCUT2D eigenvalue weighted by Crippen LogP contribution is 2.39. The lowest BCUT2D eigenvalue weighted by atomic mass is 9.78. The molecule has 2 unspecified atom stereocenters. The first kappa shape index (κ1) is 36.2. The Kier molecular flexibility index (Phi) is 11.3. The molecule has 1 saturated heterocycles. The van der Waals surface area contributed by atoms with Crippen LogP contribution in [0, 0.1) is 5.41 Å². The van der Waals surface area contributed by atoms with Crippen molar-refractivity contribution < 1.29 is 28.5 Å². The number of esters is 1. The average Bonchev–Trinajstić information content (AvgIpc) is 3.06. The molecule has 1 N–H and O–H groups in total. The summed E-state index contributed by atoms with van der Waals surface area (Å²) in [5.74, 6) is 2.49. The van der Waals surface area contributed by atoms with Gasteiger partial charge < -0.3 is 29.2 Å². The van der Waals surface area contributed by atoms with E-state index in [4.69, 9.17) is 18.9 Å². The number of nitrogens with one attached hydrogen (secondary N) is 1. The highest BCUT2D eigenvalue weighted by molar-refractivity contribution is 5.78. The Balaban J connectivity index is 1.17. The van der Waals surface area contributed by atoms with E-state index in [-0.39, 0.29) is 24.2 Å². The van der Waals surface area contributed by atoms with E-state index in [2.05, 4.69) is 48.6 Å². The summed E-state index contributed by atoms with van der Waals surface area (Å²) in [5, 5.41) is 3.74. The van der Waals surface area contributed by atoms with Gasteiger partial charge in [0.25, 0.3) is 0 Å². The molecule has 264 valence electrons. The summed E-state index contributed by atoms with van der Waals surface area (Å²) < 4.78 is 23.1. The fourth-order valence-corrected chi connectivity index (χ4v) is 6.49. The molecule has 3 aromatic carbocycles. The number of benzene rings is 3. The Morgan fingerprint density at radius 2 is 1.53 bits per heavy atom. The van der Waals surface area contributed by atoms with Crippen LogP contribution in [0.3, 0.4) is 0 Å². The Labute approximate surface area is 292 Å². The van der Waals surface area contributed by atoms with Crippen LogP contribution in [-0.4, -0.2) is 48.9 Å². The number of piperidine rings is 1. The molecule has 1 amide bonds. The summed E-state index contributed by atoms with van der Waals surface area (Å²) in [6, 6.07) is 21.0. The van der Waals surface area contributed by atoms with Crippen LogP contribution in [0.25, 0.3) is 0 Å². The van der Waals surface area contributed by atoms with Crippen LogP contribution >= 0.6 is 0 Å². The normalized spacial score (nSPS) is 17.6. The Morgan fingerprint density at radius 1 is 0.857 bits per heavy atom. The molecule has 49 heavy (non-hydrogen) atoms. The van der Waals surface area contributed by atoms with Crippen molar-refractivity contribution in [1.29, 1.82) is 0 Å². The monoisotopic (exact) mass is 670 g/mol. The molecule has 1 fully saturated rings. The highest BCUT2D eigenvalue weighted by atomic mass is 16.6. The zero-order valence-electron chi connectivity index (χ0n) is 30.6. The third-order valence-corrected chi connectivity index (χ3v) is 9.36. The number of methoxy groups -OCH3 is 1. The van der Waals surface area contributed by atoms with Gasteiger partial charge in [-0.05, 0) is 138 Å². The molecular formula is C41H54N2O6. The zero-order chi connectivity index (χ0) is 35.3. The molecule has 1 aliphatic heterocycles. The van der Waals surface area contributed by atoms with Crippen LogP contribution in [0.1, 0.15) is 108 Å². The van der Waals surface area contributed by atoms with Crippen molar-refractivity contribution in [3.63, 3.8) is 0 Å². The number of hydrogen-bond donors (Lipinski definition) is 1. The number of nitrogens with zero attached hydrogens (tertiary/aromatic N) is 1. The number of aryl methyl sites for hydroxylation is 1. The lowest BCUT2D eigenvalue weighted by Gasteiger charge is -2.33. The van der Waals surface area contributed by atoms with Crippen LogP contribution < -0.4 is 19.5 Å². The minimum atomic E-state index is -0.542. The summed E-state index contributed by atoms with van der Waals surface area (Å²) >= 11 is 0. The molecular weight excluding hydrogens is 616 g/mol. The molecule has 8 heteroatoms. The SMILES string of the molecule is COc1ccc(C2CCc3cc(OC(=O)C(C)(C)C)ccc3C2)c(C(C)NCc2ccc(OC3CCN(C(=O)OC(C)(C)C)CC3)cc2)c1. The van der Waals surface area contributed by atoms with E-state index in [1.54, 1.807) is 12.0 Å². The number of likely N-dealkylation sites (tertiary alicyclic amines) is 1. The third kappa shape index (κ3) is 9.78. The number of carbonyl (C=O) groups excluding carboxylic acids is 2. The van der Waals surface area contributed by atoms with Crippen LogP contribution in [0.15, 0.2) is 60.7 Å². The first-order valence-electron chi connectivity index (χ1n) is 17.7. The van der Waals surface area contributed by atoms with Gasteiger partial charge in [0.1, 0.15) is 29.0 Å². The van der Waals surface area contributed by atoms with Gasteiger partial charge in [0.15, 0.2) is 0 Å². The summed E-state index contributed by atoms with van der Waals surface area (Å²) in [6.07, 6.45) is 4.29. The average molecular weight is 671 g/mol. The smallest absolute Gasteiger partial charge is 0.410 e. The largest absolute Gasteiger partial charge is 0.497 e. The molecule has 1 heterocycles. The second-order valence-corrected chi connectivity index (χ2v) is 15.5. The minimum absolute atomic E-state index is 0.0778. The van der Waals surface area contributed by atoms with E-state index in [0.29, 0.717) is 24.8 Å². The number of ether oxygens (including phenoxy) is 4. The van der Waals surface area contributed by atoms with Gasteiger partial charge in [-0.2, -0.15) is 0 Å². The van der Waals surface area contributed by atoms with Crippen molar-refractivity contribution in [3.8, 4) is 17.2 Å². The number of amides is 1. The molecule has 0 radical (unpaired) electrons. The molecule has 3 aromatic rings. The molecule has 0 aromatic heterocycles. The number of hydrogen-bond acceptors (Lipinski definition) is 7. The number of fused-ring (bicyclic) bond motifs is 1. The van der Waals surface area contributed by atoms with E-state index in [1.165, 1.54) is 27.8 Å². The molecule has 0 spiro atoms. The fraction of sp³-hybridized carbons (Fsp3) is 0.512. The van der Waals surface area contributed by atoms with E-state index in [1.807, 2.05) is 65.8 Å². The molecule has 0 bridgehead atoms. The number of carbonyl (C=O) groups is 2. The van der Waals surface area contributed by atoms with Gasteiger partial charge >= 0.3 is 12.1 Å². The van der Waals surface area contributed by atoms with Gasteiger partial charge in [0.05, 0.1) is 12.5 Å². The van der Waals surface area contributed by atoms with Crippen LogP contribution in [0.2, 0.25) is 0 Å². The van der Waals surface area contributed by atoms with Gasteiger partial charge in [-0.15, -0.1) is 0 Å². The standard InChI is InChI=1S/C41H54N2O6/c1-27(42-26-28-9-14-32(15-10-28)47-33-19-21-43(22-20-33)39(45)49-41(5,6)7)37-25-34(46-8)17-18-36(37)31-12-11-30-24-35(16-13-29(30)23-31)48-38(44)40(2,3)4/h9-10,13-18,24-25,27,31,33,42H,11-12,19-23,26H2,1-8H3. The van der Waals surface area contributed by atoms with Crippen LogP contribution in [0.4, 0.5) is 4.79 Å². The molecule has 2 atom stereocenters. The van der Waals surface area contributed by atoms with Crippen molar-refractivity contribution in [2.45, 2.75) is 111 Å². The van der Waals surface area contributed by atoms with Crippen molar-refractivity contribution in [2.75, 3.05) is 20.2 Å². The van der Waals surface area contributed by atoms with Crippen LogP contribution in [-0.2, 0) is 28.9 Å². The summed E-state index contributed by atoms with van der Waals surface area (Å²) in [6.45, 7) is 15.5. The van der Waals surface area contributed by atoms with E-state index in [0.717, 1.165) is 50.1 Å². The quantitative estimate of drug-likeness (QED) is 0.180. The van der Waals surface area contributed by atoms with Crippen molar-refractivity contribution in [2.24, 2.45) is 5.41 Å². The Hall–Kier alpha value is -4.04. The maximum absolute atomic E-state index is 12.4. The zero-order valence-corrected chi connectivity index (χ0v) is 30.6. The lowest BCUT2D eigenvalue weighted by Crippen LogP contribution is -2.44. The van der Waals surface area contributed by atoms with E-state index < -0.39 is 11.0 Å². The van der Waals surface area contributed by atoms with Gasteiger partial charge in [-0.1, -0.05) is 24.3 Å². The summed E-state index contributed by atoms with van der Waals surface area (Å²) in [7, 11) is 1.71. The van der Waals surface area contributed by atoms with Crippen molar-refractivity contribution in [1.82, 2.24) is 10.2 Å². The molecule has 0 saturated carbocycles. The number of rotatable bonds is 9. The molecule has 8 nitrogen and oxygen atoms in total. The predicted octanol–water partition coefficient (Wildman–Crippen LogP) is 8.55. The van der Waals surface area contributed by atoms with Gasteiger partial charge in [0.2, 0.25) is 0 Å². The fourth-order valence-electron chi connectivity index (χ4n) is 6.49. The Morgan fingerprint density at radius 3 is 2.18 bits per heavy atom. The molecule has 1 aliphatic carbocycles. The molecule has 5 rings (SSSR count). The third-order valence-electron chi connectivity index (χ3n) is 9.36. The minimum Gasteiger partial charge on any atom is -0.497 e. The summed E-state index contributed by atoms with van der Waals surface area (Å²) in [4.78, 5) is 26.6. The second-order valence-electron chi connectivity index (χ2n) is 15.5. The first-order chi connectivity index (χ1) is 23.2. The maximum atomic E-state index is 12.4. The van der Waals surface area contributed by atoms with Crippen molar-refractivity contribution in [3.05, 3.63) is 88.5 Å². The Bertz CT molecular complexity index is 1600. The predicted molar refractivity (Wildman–Crippen MR) is 192 cm³/mol. The molecule has 2 aliphatic rings. The lowest BCUT2D eigenvalue weighted by molar-refractivity contribution is -0.143. The first-order valence-corrected chi connectivity index (χ1v) is 17.7. The van der Waals surface area contributed by atoms with Crippen LogP contribution in [0.5, 0.6) is 17.2 Å². The highest BCUT2D eigenvalue weighted by Gasteiger charge is 2.29. The van der Waals surface area contributed by atoms with Gasteiger partial charge in [-0.3, -0.25) is 4.79 Å². The maximum Gasteiger partial charge on any atom is 0.410 e. The topological polar surface area (TPSA) is 86.3 Å². The summed E-state index contributed by atoms with van der Waals surface area (Å²) in [5.41, 5.74) is 5.31. The van der Waals surface area contributed by atoms with E-state index in [9.17, 15) is 9.59 Å². The second kappa shape index (κ2) is 15.2. The van der Waals surface area contributed by atoms with E-state index >= 15 is 0 Å². The van der Waals surface area contributed by atoms with Gasteiger partial charge in [-0.25, -0.2) is 4.79 Å². The van der Waals surface area contributed by atoms with Gasteiger partial charge in [0, 0.05) is 38.5 Å².